The minimum Gasteiger partial charge on any atom is -0.379 e. The van der Waals surface area contributed by atoms with Crippen molar-refractivity contribution in [2.75, 3.05) is 31.6 Å². The molecule has 4 rings (SSSR count). The second-order valence-electron chi connectivity index (χ2n) is 6.84. The maximum Gasteiger partial charge on any atom is 0.237 e. The van der Waals surface area contributed by atoms with Crippen LogP contribution in [0.25, 0.3) is 0 Å². The number of nitrogens with zero attached hydrogens (tertiary/aromatic N) is 2. The molecule has 0 radical (unpaired) electrons. The van der Waals surface area contributed by atoms with Crippen molar-refractivity contribution in [3.8, 4) is 0 Å². The predicted molar refractivity (Wildman–Crippen MR) is 103 cm³/mol. The van der Waals surface area contributed by atoms with Gasteiger partial charge in [0.25, 0.3) is 0 Å². The monoisotopic (exact) mass is 349 g/mol. The van der Waals surface area contributed by atoms with Crippen LogP contribution in [0.2, 0.25) is 0 Å². The average Bonchev–Trinajstić information content (AvgIpc) is 2.98. The van der Waals surface area contributed by atoms with Crippen LogP contribution in [0.1, 0.15) is 22.6 Å². The Morgan fingerprint density at radius 1 is 1.19 bits per heavy atom. The third kappa shape index (κ3) is 3.54. The highest BCUT2D eigenvalue weighted by atomic mass is 16.5. The van der Waals surface area contributed by atoms with Gasteiger partial charge >= 0.3 is 0 Å². The summed E-state index contributed by atoms with van der Waals surface area (Å²) in [5.41, 5.74) is 5.17. The lowest BCUT2D eigenvalue weighted by molar-refractivity contribution is -0.115. The van der Waals surface area contributed by atoms with E-state index in [2.05, 4.69) is 27.3 Å². The highest BCUT2D eigenvalue weighted by molar-refractivity contribution is 6.13. The first-order valence-corrected chi connectivity index (χ1v) is 9.04. The van der Waals surface area contributed by atoms with Crippen molar-refractivity contribution in [3.05, 3.63) is 59.2 Å². The maximum absolute atomic E-state index is 12.3. The van der Waals surface area contributed by atoms with E-state index in [0.717, 1.165) is 55.3 Å². The van der Waals surface area contributed by atoms with Crippen LogP contribution in [0.4, 0.5) is 11.4 Å². The maximum atomic E-state index is 12.3. The van der Waals surface area contributed by atoms with Crippen molar-refractivity contribution in [2.45, 2.75) is 19.4 Å². The van der Waals surface area contributed by atoms with E-state index in [1.165, 1.54) is 5.56 Å². The topological polar surface area (TPSA) is 53.9 Å². The minimum atomic E-state index is -0.320. The zero-order valence-corrected chi connectivity index (χ0v) is 14.9. The summed E-state index contributed by atoms with van der Waals surface area (Å²) < 4.78 is 5.39. The van der Waals surface area contributed by atoms with Gasteiger partial charge in [-0.05, 0) is 41.8 Å². The lowest BCUT2D eigenvalue weighted by Crippen LogP contribution is -2.35. The molecule has 0 aliphatic carbocycles. The van der Waals surface area contributed by atoms with E-state index in [4.69, 9.17) is 4.74 Å². The fourth-order valence-electron chi connectivity index (χ4n) is 3.55. The second-order valence-corrected chi connectivity index (χ2v) is 6.84. The number of rotatable bonds is 4. The molecule has 2 aromatic carbocycles. The normalized spacial score (nSPS) is 20.3. The van der Waals surface area contributed by atoms with E-state index in [9.17, 15) is 4.79 Å². The summed E-state index contributed by atoms with van der Waals surface area (Å²) in [6.45, 7) is 6.55. The molecule has 1 amide bonds. The van der Waals surface area contributed by atoms with Gasteiger partial charge in [-0.25, -0.2) is 0 Å². The van der Waals surface area contributed by atoms with E-state index in [1.807, 2.05) is 37.3 Å². The lowest BCUT2D eigenvalue weighted by atomic mass is 9.97. The number of ether oxygens (including phenoxy) is 1. The molecule has 5 heteroatoms. The fourth-order valence-corrected chi connectivity index (χ4v) is 3.55. The molecular weight excluding hydrogens is 326 g/mol. The second kappa shape index (κ2) is 7.40. The van der Waals surface area contributed by atoms with Crippen molar-refractivity contribution >= 4 is 23.5 Å². The van der Waals surface area contributed by atoms with Crippen molar-refractivity contribution in [2.24, 2.45) is 4.99 Å². The molecule has 0 bridgehead atoms. The highest BCUT2D eigenvalue weighted by Crippen LogP contribution is 2.34. The van der Waals surface area contributed by atoms with Gasteiger partial charge in [0.15, 0.2) is 0 Å². The first-order chi connectivity index (χ1) is 12.7. The van der Waals surface area contributed by atoms with Gasteiger partial charge in [-0.15, -0.1) is 0 Å². The Hall–Kier alpha value is -2.50. The number of fused-ring (bicyclic) bond motifs is 1. The number of carbonyl (C=O) groups is 1. The molecule has 1 atom stereocenters. The molecule has 5 nitrogen and oxygen atoms in total. The third-order valence-electron chi connectivity index (χ3n) is 4.99. The number of hydrogen-bond acceptors (Lipinski definition) is 4. The Labute approximate surface area is 153 Å². The van der Waals surface area contributed by atoms with E-state index < -0.39 is 0 Å². The Bertz CT molecular complexity index is 824. The molecule has 1 unspecified atom stereocenters. The number of amides is 1. The molecule has 1 fully saturated rings. The van der Waals surface area contributed by atoms with Gasteiger partial charge in [-0.3, -0.25) is 14.7 Å². The third-order valence-corrected chi connectivity index (χ3v) is 4.99. The van der Waals surface area contributed by atoms with Gasteiger partial charge in [0.05, 0.1) is 18.9 Å². The summed E-state index contributed by atoms with van der Waals surface area (Å²) in [4.78, 5) is 19.2. The average molecular weight is 349 g/mol. The van der Waals surface area contributed by atoms with Crippen LogP contribution in [0.15, 0.2) is 47.5 Å². The molecule has 1 N–H and O–H groups in total. The number of hydrogen-bond donors (Lipinski definition) is 1. The van der Waals surface area contributed by atoms with Gasteiger partial charge in [0, 0.05) is 31.5 Å². The van der Waals surface area contributed by atoms with Gasteiger partial charge in [0.1, 0.15) is 5.92 Å². The molecule has 0 saturated carbocycles. The van der Waals surface area contributed by atoms with E-state index in [0.29, 0.717) is 0 Å². The van der Waals surface area contributed by atoms with Crippen LogP contribution in [0.5, 0.6) is 0 Å². The Morgan fingerprint density at radius 2 is 1.96 bits per heavy atom. The molecule has 2 aliphatic rings. The summed E-state index contributed by atoms with van der Waals surface area (Å²) in [5.74, 6) is -0.332. The Morgan fingerprint density at radius 3 is 2.73 bits per heavy atom. The Kier molecular flexibility index (Phi) is 4.82. The quantitative estimate of drug-likeness (QED) is 0.862. The molecule has 0 spiro atoms. The lowest BCUT2D eigenvalue weighted by Gasteiger charge is -2.26. The van der Waals surface area contributed by atoms with Gasteiger partial charge in [0.2, 0.25) is 5.91 Å². The van der Waals surface area contributed by atoms with Gasteiger partial charge < -0.3 is 10.1 Å². The van der Waals surface area contributed by atoms with Crippen LogP contribution >= 0.6 is 0 Å². The summed E-state index contributed by atoms with van der Waals surface area (Å²) in [5, 5.41) is 2.93. The van der Waals surface area contributed by atoms with Crippen LogP contribution in [-0.2, 0) is 16.1 Å². The van der Waals surface area contributed by atoms with E-state index in [1.54, 1.807) is 6.21 Å². The Balaban J connectivity index is 1.45. The zero-order valence-electron chi connectivity index (χ0n) is 14.9. The summed E-state index contributed by atoms with van der Waals surface area (Å²) >= 11 is 0. The molecule has 2 heterocycles. The number of nitrogens with one attached hydrogen (secondary N) is 1. The largest absolute Gasteiger partial charge is 0.379 e. The molecular formula is C21H23N3O2. The SMILES string of the molecule is Cc1cccc2c1C(C=Nc1ccc(CN3CCOCC3)cc1)C(=O)N2. The molecule has 26 heavy (non-hydrogen) atoms. The van der Waals surface area contributed by atoms with Crippen LogP contribution in [-0.4, -0.2) is 43.3 Å². The zero-order chi connectivity index (χ0) is 17.9. The van der Waals surface area contributed by atoms with Gasteiger partial charge in [-0.1, -0.05) is 24.3 Å². The smallest absolute Gasteiger partial charge is 0.237 e. The van der Waals surface area contributed by atoms with E-state index in [-0.39, 0.29) is 11.8 Å². The fraction of sp³-hybridized carbons (Fsp3) is 0.333. The summed E-state index contributed by atoms with van der Waals surface area (Å²) in [6, 6.07) is 14.2. The van der Waals surface area contributed by atoms with Crippen LogP contribution < -0.4 is 5.32 Å². The molecule has 1 saturated heterocycles. The predicted octanol–water partition coefficient (Wildman–Crippen LogP) is 3.27. The van der Waals surface area contributed by atoms with Crippen LogP contribution in [0.3, 0.4) is 0 Å². The number of carbonyl (C=O) groups excluding carboxylic acids is 1. The summed E-state index contributed by atoms with van der Waals surface area (Å²) in [6.07, 6.45) is 1.76. The van der Waals surface area contributed by atoms with Crippen LogP contribution in [0, 0.1) is 6.92 Å². The first-order valence-electron chi connectivity index (χ1n) is 9.04. The minimum absolute atomic E-state index is 0.0120. The number of anilines is 1. The first kappa shape index (κ1) is 16.9. The van der Waals surface area contributed by atoms with E-state index >= 15 is 0 Å². The molecule has 134 valence electrons. The molecule has 2 aliphatic heterocycles. The number of morpholine rings is 1. The number of aryl methyl sites for hydroxylation is 1. The van der Waals surface area contributed by atoms with Crippen molar-refractivity contribution < 1.29 is 9.53 Å². The molecule has 0 aromatic heterocycles. The molecule has 2 aromatic rings. The standard InChI is InChI=1S/C21H23N3O2/c1-15-3-2-4-19-20(15)18(21(25)23-19)13-22-17-7-5-16(6-8-17)14-24-9-11-26-12-10-24/h2-8,13,18H,9-12,14H2,1H3,(H,23,25). The van der Waals surface area contributed by atoms with Crippen molar-refractivity contribution in [1.82, 2.24) is 4.90 Å². The van der Waals surface area contributed by atoms with Crippen molar-refractivity contribution in [3.63, 3.8) is 0 Å². The number of aliphatic imine (C=N–C) groups is 1. The van der Waals surface area contributed by atoms with Gasteiger partial charge in [-0.2, -0.15) is 0 Å². The number of benzene rings is 2. The highest BCUT2D eigenvalue weighted by Gasteiger charge is 2.30. The van der Waals surface area contributed by atoms with Crippen molar-refractivity contribution in [1.29, 1.82) is 0 Å². The summed E-state index contributed by atoms with van der Waals surface area (Å²) in [7, 11) is 0.